The number of anilines is 2. The van der Waals surface area contributed by atoms with Gasteiger partial charge in [0.05, 0.1) is 12.8 Å². The Kier molecular flexibility index (Phi) is 3.41. The molecule has 0 saturated heterocycles. The monoisotopic (exact) mass is 320 g/mol. The van der Waals surface area contributed by atoms with Crippen LogP contribution < -0.4 is 9.80 Å². The van der Waals surface area contributed by atoms with Crippen LogP contribution >= 0.6 is 0 Å². The highest BCUT2D eigenvalue weighted by Crippen LogP contribution is 2.33. The van der Waals surface area contributed by atoms with Crippen LogP contribution in [0.3, 0.4) is 0 Å². The summed E-state index contributed by atoms with van der Waals surface area (Å²) in [5.41, 5.74) is 5.21. The summed E-state index contributed by atoms with van der Waals surface area (Å²) in [6.45, 7) is 2.09. The van der Waals surface area contributed by atoms with Gasteiger partial charge in [-0.25, -0.2) is 0 Å². The molecule has 4 rings (SSSR count). The Labute approximate surface area is 141 Å². The number of rotatable bonds is 2. The molecular weight excluding hydrogens is 300 g/mol. The molecule has 24 heavy (non-hydrogen) atoms. The minimum atomic E-state index is 0.107. The van der Waals surface area contributed by atoms with E-state index in [1.807, 2.05) is 41.3 Å². The van der Waals surface area contributed by atoms with Crippen LogP contribution in [0.15, 0.2) is 42.5 Å². The maximum atomic E-state index is 12.9. The highest BCUT2D eigenvalue weighted by molar-refractivity contribution is 6.01. The Balaban J connectivity index is 1.58. The third-order valence-electron chi connectivity index (χ3n) is 5.05. The molecule has 0 saturated carbocycles. The average Bonchev–Trinajstić information content (AvgIpc) is 3.03. The van der Waals surface area contributed by atoms with Gasteiger partial charge in [0.15, 0.2) is 0 Å². The van der Waals surface area contributed by atoms with E-state index in [1.54, 1.807) is 11.9 Å². The van der Waals surface area contributed by atoms with Crippen molar-refractivity contribution in [1.29, 1.82) is 0 Å². The molecule has 1 atom stereocenters. The fourth-order valence-electron chi connectivity index (χ4n) is 3.84. The molecule has 2 aromatic rings. The molecule has 2 amide bonds. The first-order chi connectivity index (χ1) is 11.5. The zero-order valence-corrected chi connectivity index (χ0v) is 14.0. The van der Waals surface area contributed by atoms with Crippen molar-refractivity contribution in [1.82, 2.24) is 0 Å². The fraction of sp³-hybridized carbons (Fsp3) is 0.300. The van der Waals surface area contributed by atoms with Crippen molar-refractivity contribution in [2.24, 2.45) is 0 Å². The van der Waals surface area contributed by atoms with E-state index >= 15 is 0 Å². The van der Waals surface area contributed by atoms with Crippen molar-refractivity contribution in [3.8, 4) is 0 Å². The van der Waals surface area contributed by atoms with Crippen LogP contribution in [0, 0.1) is 0 Å². The maximum Gasteiger partial charge on any atom is 0.231 e. The van der Waals surface area contributed by atoms with E-state index in [0.717, 1.165) is 28.9 Å². The molecular formula is C20H20N2O2. The van der Waals surface area contributed by atoms with Crippen molar-refractivity contribution in [3.63, 3.8) is 0 Å². The van der Waals surface area contributed by atoms with Gasteiger partial charge in [-0.15, -0.1) is 0 Å². The van der Waals surface area contributed by atoms with E-state index in [4.69, 9.17) is 0 Å². The lowest BCUT2D eigenvalue weighted by atomic mass is 10.0. The Bertz CT molecular complexity index is 843. The predicted molar refractivity (Wildman–Crippen MR) is 94.4 cm³/mol. The number of amides is 2. The van der Waals surface area contributed by atoms with Crippen molar-refractivity contribution in [2.45, 2.75) is 32.2 Å². The standard InChI is InChI=1S/C20H20N2O2/c1-13-9-15-5-3-4-6-18(15)22(13)20(24)11-14-7-8-17-16(10-14)12-19(23)21(17)2/h3-8,10,13H,9,11-12H2,1-2H3. The zero-order chi connectivity index (χ0) is 16.8. The molecule has 0 N–H and O–H groups in total. The van der Waals surface area contributed by atoms with Crippen LogP contribution in [-0.4, -0.2) is 24.9 Å². The SMILES string of the molecule is CC1Cc2ccccc2N1C(=O)Cc1ccc2c(c1)CC(=O)N2C. The Morgan fingerprint density at radius 1 is 1.12 bits per heavy atom. The smallest absolute Gasteiger partial charge is 0.231 e. The van der Waals surface area contributed by atoms with Crippen LogP contribution in [0.25, 0.3) is 0 Å². The number of carbonyl (C=O) groups is 2. The van der Waals surface area contributed by atoms with Crippen LogP contribution in [0.4, 0.5) is 11.4 Å². The van der Waals surface area contributed by atoms with Crippen molar-refractivity contribution >= 4 is 23.2 Å². The second-order valence-electron chi connectivity index (χ2n) is 6.71. The first kappa shape index (κ1) is 14.9. The first-order valence-electron chi connectivity index (χ1n) is 8.33. The van der Waals surface area contributed by atoms with Crippen LogP contribution in [0.2, 0.25) is 0 Å². The third-order valence-corrected chi connectivity index (χ3v) is 5.05. The zero-order valence-electron chi connectivity index (χ0n) is 14.0. The third kappa shape index (κ3) is 2.30. The number of para-hydroxylation sites is 1. The molecule has 0 radical (unpaired) electrons. The highest BCUT2D eigenvalue weighted by atomic mass is 16.2. The Morgan fingerprint density at radius 2 is 1.92 bits per heavy atom. The quantitative estimate of drug-likeness (QED) is 0.854. The van der Waals surface area contributed by atoms with Crippen molar-refractivity contribution in [3.05, 3.63) is 59.2 Å². The summed E-state index contributed by atoms with van der Waals surface area (Å²) in [4.78, 5) is 28.3. The minimum absolute atomic E-state index is 0.107. The summed E-state index contributed by atoms with van der Waals surface area (Å²) in [6.07, 6.45) is 1.70. The molecule has 0 fully saturated rings. The van der Waals surface area contributed by atoms with Gasteiger partial charge in [0, 0.05) is 24.5 Å². The summed E-state index contributed by atoms with van der Waals surface area (Å²) in [7, 11) is 1.79. The fourth-order valence-corrected chi connectivity index (χ4v) is 3.84. The van der Waals surface area contributed by atoms with Crippen LogP contribution in [0.1, 0.15) is 23.6 Å². The van der Waals surface area contributed by atoms with Gasteiger partial charge in [-0.3, -0.25) is 9.59 Å². The van der Waals surface area contributed by atoms with Gasteiger partial charge in [-0.2, -0.15) is 0 Å². The van der Waals surface area contributed by atoms with E-state index in [0.29, 0.717) is 12.8 Å². The lowest BCUT2D eigenvalue weighted by Crippen LogP contribution is -2.36. The van der Waals surface area contributed by atoms with Crippen LogP contribution in [0.5, 0.6) is 0 Å². The molecule has 4 heteroatoms. The molecule has 122 valence electrons. The topological polar surface area (TPSA) is 40.6 Å². The minimum Gasteiger partial charge on any atom is -0.315 e. The summed E-state index contributed by atoms with van der Waals surface area (Å²) in [5.74, 6) is 0.223. The highest BCUT2D eigenvalue weighted by Gasteiger charge is 2.31. The number of hydrogen-bond donors (Lipinski definition) is 0. The van der Waals surface area contributed by atoms with Gasteiger partial charge in [-0.1, -0.05) is 30.3 Å². The van der Waals surface area contributed by atoms with Gasteiger partial charge < -0.3 is 9.80 Å². The lowest BCUT2D eigenvalue weighted by Gasteiger charge is -2.23. The first-order valence-corrected chi connectivity index (χ1v) is 8.33. The molecule has 0 aromatic heterocycles. The molecule has 2 heterocycles. The van der Waals surface area contributed by atoms with Crippen molar-refractivity contribution in [2.75, 3.05) is 16.8 Å². The molecule has 4 nitrogen and oxygen atoms in total. The van der Waals surface area contributed by atoms with Gasteiger partial charge in [-0.05, 0) is 42.2 Å². The number of hydrogen-bond acceptors (Lipinski definition) is 2. The molecule has 2 aliphatic heterocycles. The maximum absolute atomic E-state index is 12.9. The molecule has 0 spiro atoms. The second-order valence-corrected chi connectivity index (χ2v) is 6.71. The molecule has 2 aliphatic rings. The van der Waals surface area contributed by atoms with E-state index in [2.05, 4.69) is 13.0 Å². The molecule has 1 unspecified atom stereocenters. The van der Waals surface area contributed by atoms with Gasteiger partial charge >= 0.3 is 0 Å². The number of fused-ring (bicyclic) bond motifs is 2. The predicted octanol–water partition coefficient (Wildman–Crippen LogP) is 2.73. The van der Waals surface area contributed by atoms with Gasteiger partial charge in [0.25, 0.3) is 0 Å². The second kappa shape index (κ2) is 5.48. The van der Waals surface area contributed by atoms with Gasteiger partial charge in [0.1, 0.15) is 0 Å². The summed E-state index contributed by atoms with van der Waals surface area (Å²) in [6, 6.07) is 14.2. The van der Waals surface area contributed by atoms with Crippen LogP contribution in [-0.2, 0) is 28.9 Å². The van der Waals surface area contributed by atoms with E-state index in [-0.39, 0.29) is 17.9 Å². The summed E-state index contributed by atoms with van der Waals surface area (Å²) >= 11 is 0. The van der Waals surface area contributed by atoms with E-state index < -0.39 is 0 Å². The average molecular weight is 320 g/mol. The largest absolute Gasteiger partial charge is 0.315 e. The normalized spacial score (nSPS) is 18.8. The van der Waals surface area contributed by atoms with E-state index in [1.165, 1.54) is 5.56 Å². The molecule has 2 aromatic carbocycles. The molecule has 0 bridgehead atoms. The van der Waals surface area contributed by atoms with Crippen molar-refractivity contribution < 1.29 is 9.59 Å². The van der Waals surface area contributed by atoms with E-state index in [9.17, 15) is 9.59 Å². The number of likely N-dealkylation sites (N-methyl/N-ethyl adjacent to an activating group) is 1. The summed E-state index contributed by atoms with van der Waals surface area (Å²) < 4.78 is 0. The Morgan fingerprint density at radius 3 is 2.75 bits per heavy atom. The molecule has 0 aliphatic carbocycles. The van der Waals surface area contributed by atoms with Gasteiger partial charge in [0.2, 0.25) is 11.8 Å². The summed E-state index contributed by atoms with van der Waals surface area (Å²) in [5, 5.41) is 0. The lowest BCUT2D eigenvalue weighted by molar-refractivity contribution is -0.118. The Hall–Kier alpha value is -2.62. The number of carbonyl (C=O) groups excluding carboxylic acids is 2. The number of nitrogens with zero attached hydrogens (tertiary/aromatic N) is 2. The number of benzene rings is 2.